The molecule has 9 heteroatoms. The summed E-state index contributed by atoms with van der Waals surface area (Å²) in [5.74, 6) is 0.0149. The number of benzene rings is 1. The maximum absolute atomic E-state index is 12.3. The molecule has 9 nitrogen and oxygen atoms in total. The number of hydrogen-bond acceptors (Lipinski definition) is 7. The van der Waals surface area contributed by atoms with Gasteiger partial charge in [0.25, 0.3) is 11.6 Å². The van der Waals surface area contributed by atoms with Crippen molar-refractivity contribution >= 4 is 23.2 Å². The Morgan fingerprint density at radius 3 is 2.83 bits per heavy atom. The summed E-state index contributed by atoms with van der Waals surface area (Å²) in [5, 5.41) is 17.4. The van der Waals surface area contributed by atoms with E-state index in [9.17, 15) is 14.9 Å². The number of nitro groups is 1. The van der Waals surface area contributed by atoms with E-state index in [0.717, 1.165) is 0 Å². The van der Waals surface area contributed by atoms with E-state index in [-0.39, 0.29) is 11.4 Å². The third kappa shape index (κ3) is 3.20. The molecule has 1 aromatic carbocycles. The fourth-order valence-electron chi connectivity index (χ4n) is 2.45. The van der Waals surface area contributed by atoms with Gasteiger partial charge in [0.05, 0.1) is 29.4 Å². The number of nitrogens with one attached hydrogen (secondary N) is 1. The van der Waals surface area contributed by atoms with E-state index in [1.165, 1.54) is 12.1 Å². The van der Waals surface area contributed by atoms with Crippen LogP contribution < -0.4 is 10.2 Å². The molecule has 1 fully saturated rings. The molecule has 1 aliphatic heterocycles. The molecule has 1 aromatic heterocycles. The number of morpholine rings is 1. The molecule has 2 heterocycles. The highest BCUT2D eigenvalue weighted by Gasteiger charge is 2.20. The van der Waals surface area contributed by atoms with Crippen molar-refractivity contribution in [1.82, 2.24) is 5.16 Å². The van der Waals surface area contributed by atoms with Crippen LogP contribution in [0.15, 0.2) is 28.8 Å². The molecule has 24 heavy (non-hydrogen) atoms. The molecular formula is C15H16N4O5. The summed E-state index contributed by atoms with van der Waals surface area (Å²) < 4.78 is 10.5. The Balaban J connectivity index is 1.75. The van der Waals surface area contributed by atoms with E-state index in [1.54, 1.807) is 19.1 Å². The van der Waals surface area contributed by atoms with Crippen LogP contribution in [-0.4, -0.2) is 42.3 Å². The molecule has 0 unspecified atom stereocenters. The number of amides is 1. The standard InChI is InChI=1S/C15H16N4O5/c1-10-11(3-2-4-13(10)19(21)22)16-15(20)12-9-14(24-17-12)18-5-7-23-8-6-18/h2-4,9H,5-8H2,1H3,(H,16,20). The molecule has 0 saturated carbocycles. The summed E-state index contributed by atoms with van der Waals surface area (Å²) in [5.41, 5.74) is 0.808. The zero-order valence-electron chi connectivity index (χ0n) is 13.0. The lowest BCUT2D eigenvalue weighted by Gasteiger charge is -2.25. The van der Waals surface area contributed by atoms with Gasteiger partial charge in [-0.3, -0.25) is 14.9 Å². The number of ether oxygens (including phenoxy) is 1. The van der Waals surface area contributed by atoms with E-state index in [2.05, 4.69) is 10.5 Å². The molecular weight excluding hydrogens is 316 g/mol. The lowest BCUT2D eigenvalue weighted by Crippen LogP contribution is -2.35. The maximum atomic E-state index is 12.3. The molecule has 0 bridgehead atoms. The maximum Gasteiger partial charge on any atom is 0.277 e. The van der Waals surface area contributed by atoms with Gasteiger partial charge in [0.15, 0.2) is 5.69 Å². The highest BCUT2D eigenvalue weighted by Crippen LogP contribution is 2.26. The summed E-state index contributed by atoms with van der Waals surface area (Å²) in [6.45, 7) is 4.10. The molecule has 1 amide bonds. The smallest absolute Gasteiger partial charge is 0.277 e. The van der Waals surface area contributed by atoms with Gasteiger partial charge in [0, 0.05) is 25.2 Å². The van der Waals surface area contributed by atoms with Crippen LogP contribution in [0.2, 0.25) is 0 Å². The van der Waals surface area contributed by atoms with Crippen LogP contribution in [0.5, 0.6) is 0 Å². The number of anilines is 2. The minimum atomic E-state index is -0.488. The average Bonchev–Trinajstić information content (AvgIpc) is 3.07. The van der Waals surface area contributed by atoms with Crippen molar-refractivity contribution in [3.63, 3.8) is 0 Å². The fraction of sp³-hybridized carbons (Fsp3) is 0.333. The number of rotatable bonds is 4. The zero-order valence-corrected chi connectivity index (χ0v) is 13.0. The van der Waals surface area contributed by atoms with Crippen LogP contribution >= 0.6 is 0 Å². The lowest BCUT2D eigenvalue weighted by molar-refractivity contribution is -0.385. The van der Waals surface area contributed by atoms with Crippen molar-refractivity contribution in [2.24, 2.45) is 0 Å². The minimum absolute atomic E-state index is 0.0537. The summed E-state index contributed by atoms with van der Waals surface area (Å²) in [4.78, 5) is 24.7. The molecule has 2 aromatic rings. The first-order valence-electron chi connectivity index (χ1n) is 7.41. The molecule has 0 spiro atoms. The van der Waals surface area contributed by atoms with E-state index < -0.39 is 10.8 Å². The Kier molecular flexibility index (Phi) is 4.43. The average molecular weight is 332 g/mol. The topological polar surface area (TPSA) is 111 Å². The first-order chi connectivity index (χ1) is 11.6. The Labute approximate surface area is 137 Å². The molecule has 1 saturated heterocycles. The highest BCUT2D eigenvalue weighted by molar-refractivity contribution is 6.03. The molecule has 0 aliphatic carbocycles. The predicted octanol–water partition coefficient (Wildman–Crippen LogP) is 1.98. The van der Waals surface area contributed by atoms with Crippen molar-refractivity contribution in [3.05, 3.63) is 45.6 Å². The quantitative estimate of drug-likeness (QED) is 0.673. The van der Waals surface area contributed by atoms with E-state index in [0.29, 0.717) is 43.4 Å². The van der Waals surface area contributed by atoms with Crippen LogP contribution in [0.4, 0.5) is 17.3 Å². The second-order valence-corrected chi connectivity index (χ2v) is 5.31. The molecule has 1 aliphatic rings. The SMILES string of the molecule is Cc1c(NC(=O)c2cc(N3CCOCC3)on2)cccc1[N+](=O)[O-]. The lowest BCUT2D eigenvalue weighted by atomic mass is 10.1. The number of nitrogens with zero attached hydrogens (tertiary/aromatic N) is 3. The van der Waals surface area contributed by atoms with E-state index in [1.807, 2.05) is 4.90 Å². The van der Waals surface area contributed by atoms with Crippen molar-refractivity contribution in [2.45, 2.75) is 6.92 Å². The Morgan fingerprint density at radius 2 is 2.12 bits per heavy atom. The van der Waals surface area contributed by atoms with E-state index in [4.69, 9.17) is 9.26 Å². The summed E-state index contributed by atoms with van der Waals surface area (Å²) >= 11 is 0. The monoisotopic (exact) mass is 332 g/mol. The number of hydrogen-bond donors (Lipinski definition) is 1. The van der Waals surface area contributed by atoms with Gasteiger partial charge in [-0.05, 0) is 13.0 Å². The largest absolute Gasteiger partial charge is 0.378 e. The van der Waals surface area contributed by atoms with Crippen LogP contribution in [0.1, 0.15) is 16.1 Å². The Morgan fingerprint density at radius 1 is 1.38 bits per heavy atom. The zero-order chi connectivity index (χ0) is 17.1. The molecule has 0 atom stereocenters. The van der Waals surface area contributed by atoms with Gasteiger partial charge in [0.1, 0.15) is 0 Å². The molecule has 0 radical (unpaired) electrons. The minimum Gasteiger partial charge on any atom is -0.378 e. The second kappa shape index (κ2) is 6.67. The van der Waals surface area contributed by atoms with Crippen molar-refractivity contribution in [1.29, 1.82) is 0 Å². The number of carbonyl (C=O) groups excluding carboxylic acids is 1. The molecule has 3 rings (SSSR count). The highest BCUT2D eigenvalue weighted by atomic mass is 16.6. The second-order valence-electron chi connectivity index (χ2n) is 5.31. The third-order valence-corrected chi connectivity index (χ3v) is 3.80. The Hall–Kier alpha value is -2.94. The number of nitro benzene ring substituents is 1. The number of aromatic nitrogens is 1. The third-order valence-electron chi connectivity index (χ3n) is 3.80. The van der Waals surface area contributed by atoms with Crippen LogP contribution in [0.3, 0.4) is 0 Å². The normalized spacial score (nSPS) is 14.5. The van der Waals surface area contributed by atoms with Gasteiger partial charge < -0.3 is 19.5 Å². The predicted molar refractivity (Wildman–Crippen MR) is 85.3 cm³/mol. The first-order valence-corrected chi connectivity index (χ1v) is 7.41. The van der Waals surface area contributed by atoms with Crippen molar-refractivity contribution in [3.8, 4) is 0 Å². The van der Waals surface area contributed by atoms with Crippen molar-refractivity contribution < 1.29 is 19.0 Å². The van der Waals surface area contributed by atoms with Gasteiger partial charge in [0.2, 0.25) is 5.88 Å². The van der Waals surface area contributed by atoms with Crippen molar-refractivity contribution in [2.75, 3.05) is 36.5 Å². The summed E-state index contributed by atoms with van der Waals surface area (Å²) in [6, 6.07) is 6.05. The molecule has 1 N–H and O–H groups in total. The fourth-order valence-corrected chi connectivity index (χ4v) is 2.45. The van der Waals surface area contributed by atoms with Gasteiger partial charge in [-0.25, -0.2) is 0 Å². The van der Waals surface area contributed by atoms with Gasteiger partial charge in [-0.1, -0.05) is 11.2 Å². The van der Waals surface area contributed by atoms with E-state index >= 15 is 0 Å². The number of carbonyl (C=O) groups is 1. The Bertz CT molecular complexity index is 767. The summed E-state index contributed by atoms with van der Waals surface area (Å²) in [7, 11) is 0. The van der Waals surface area contributed by atoms with Gasteiger partial charge in [-0.15, -0.1) is 0 Å². The van der Waals surface area contributed by atoms with Gasteiger partial charge >= 0.3 is 0 Å². The molecule has 126 valence electrons. The first kappa shape index (κ1) is 15.9. The van der Waals surface area contributed by atoms with Crippen LogP contribution in [0.25, 0.3) is 0 Å². The van der Waals surface area contributed by atoms with Crippen LogP contribution in [0, 0.1) is 17.0 Å². The van der Waals surface area contributed by atoms with Crippen LogP contribution in [-0.2, 0) is 4.74 Å². The summed E-state index contributed by atoms with van der Waals surface area (Å²) in [6.07, 6.45) is 0. The van der Waals surface area contributed by atoms with Gasteiger partial charge in [-0.2, -0.15) is 0 Å².